The van der Waals surface area contributed by atoms with Gasteiger partial charge in [-0.05, 0) is 24.2 Å². The first-order valence-corrected chi connectivity index (χ1v) is 7.77. The van der Waals surface area contributed by atoms with Crippen molar-refractivity contribution in [3.05, 3.63) is 29.3 Å². The fraction of sp³-hybridized carbons (Fsp3) is 0.571. The van der Waals surface area contributed by atoms with Crippen LogP contribution in [0.2, 0.25) is 0 Å². The SMILES string of the molecule is NNC(c1cccc2c1OCC2)C1CCCCS1. The van der Waals surface area contributed by atoms with Crippen LogP contribution in [0.1, 0.15) is 36.4 Å². The Labute approximate surface area is 112 Å². The summed E-state index contributed by atoms with van der Waals surface area (Å²) in [6.07, 6.45) is 4.91. The van der Waals surface area contributed by atoms with Crippen LogP contribution < -0.4 is 16.0 Å². The van der Waals surface area contributed by atoms with E-state index in [9.17, 15) is 0 Å². The number of benzene rings is 1. The molecule has 0 radical (unpaired) electrons. The summed E-state index contributed by atoms with van der Waals surface area (Å²) >= 11 is 2.04. The van der Waals surface area contributed by atoms with E-state index in [1.54, 1.807) is 0 Å². The molecule has 18 heavy (non-hydrogen) atoms. The van der Waals surface area contributed by atoms with Crippen LogP contribution in [0.15, 0.2) is 18.2 Å². The minimum absolute atomic E-state index is 0.211. The number of nitrogens with two attached hydrogens (primary N) is 1. The Bertz CT molecular complexity index is 418. The van der Waals surface area contributed by atoms with Crippen molar-refractivity contribution in [2.24, 2.45) is 5.84 Å². The van der Waals surface area contributed by atoms with Gasteiger partial charge in [-0.15, -0.1) is 0 Å². The average Bonchev–Trinajstić information content (AvgIpc) is 2.90. The number of nitrogens with one attached hydrogen (secondary N) is 1. The Morgan fingerprint density at radius 2 is 2.33 bits per heavy atom. The Morgan fingerprint density at radius 1 is 1.39 bits per heavy atom. The Morgan fingerprint density at radius 3 is 3.11 bits per heavy atom. The molecule has 0 bridgehead atoms. The monoisotopic (exact) mass is 264 g/mol. The van der Waals surface area contributed by atoms with Crippen LogP contribution in [0.3, 0.4) is 0 Å². The molecule has 2 unspecified atom stereocenters. The van der Waals surface area contributed by atoms with E-state index in [1.807, 2.05) is 11.8 Å². The molecule has 2 aliphatic heterocycles. The summed E-state index contributed by atoms with van der Waals surface area (Å²) < 4.78 is 5.80. The van der Waals surface area contributed by atoms with E-state index in [0.29, 0.717) is 5.25 Å². The highest BCUT2D eigenvalue weighted by molar-refractivity contribution is 8.00. The van der Waals surface area contributed by atoms with Gasteiger partial charge in [-0.2, -0.15) is 11.8 Å². The predicted octanol–water partition coefficient (Wildman–Crippen LogP) is 2.41. The molecule has 1 aromatic rings. The van der Waals surface area contributed by atoms with Crippen molar-refractivity contribution in [3.63, 3.8) is 0 Å². The Hall–Kier alpha value is -0.710. The first-order valence-electron chi connectivity index (χ1n) is 6.72. The van der Waals surface area contributed by atoms with Gasteiger partial charge in [-0.3, -0.25) is 11.3 Å². The third kappa shape index (κ3) is 2.25. The van der Waals surface area contributed by atoms with Crippen molar-refractivity contribution >= 4 is 11.8 Å². The maximum Gasteiger partial charge on any atom is 0.127 e. The standard InChI is InChI=1S/C14H20N2OS/c15-16-13(12-6-1-2-9-18-12)11-5-3-4-10-7-8-17-14(10)11/h3-5,12-13,16H,1-2,6-9,15H2. The minimum atomic E-state index is 0.211. The van der Waals surface area contributed by atoms with Crippen LogP contribution in [0.5, 0.6) is 5.75 Å². The fourth-order valence-electron chi connectivity index (χ4n) is 2.91. The van der Waals surface area contributed by atoms with E-state index in [4.69, 9.17) is 10.6 Å². The van der Waals surface area contributed by atoms with Gasteiger partial charge >= 0.3 is 0 Å². The van der Waals surface area contributed by atoms with Crippen molar-refractivity contribution in [1.82, 2.24) is 5.43 Å². The first kappa shape index (κ1) is 12.3. The summed E-state index contributed by atoms with van der Waals surface area (Å²) in [7, 11) is 0. The van der Waals surface area contributed by atoms with E-state index in [0.717, 1.165) is 18.8 Å². The van der Waals surface area contributed by atoms with Crippen LogP contribution in [-0.4, -0.2) is 17.6 Å². The van der Waals surface area contributed by atoms with Gasteiger partial charge in [0.15, 0.2) is 0 Å². The number of hydrazine groups is 1. The molecule has 0 amide bonds. The molecule has 1 saturated heterocycles. The lowest BCUT2D eigenvalue weighted by atomic mass is 9.97. The van der Waals surface area contributed by atoms with E-state index >= 15 is 0 Å². The molecule has 4 heteroatoms. The summed E-state index contributed by atoms with van der Waals surface area (Å²) in [5.74, 6) is 8.14. The maximum absolute atomic E-state index is 5.81. The van der Waals surface area contributed by atoms with Crippen LogP contribution in [0.4, 0.5) is 0 Å². The molecule has 0 aliphatic carbocycles. The molecule has 2 heterocycles. The number of rotatable bonds is 3. The highest BCUT2D eigenvalue weighted by Crippen LogP contribution is 2.40. The smallest absolute Gasteiger partial charge is 0.127 e. The maximum atomic E-state index is 5.81. The molecule has 2 aliphatic rings. The predicted molar refractivity (Wildman–Crippen MR) is 75.8 cm³/mol. The number of thioether (sulfide) groups is 1. The normalized spacial score (nSPS) is 24.4. The summed E-state index contributed by atoms with van der Waals surface area (Å²) in [4.78, 5) is 0. The minimum Gasteiger partial charge on any atom is -0.493 e. The van der Waals surface area contributed by atoms with Gasteiger partial charge in [0.2, 0.25) is 0 Å². The molecule has 3 N–H and O–H groups in total. The van der Waals surface area contributed by atoms with Crippen molar-refractivity contribution < 1.29 is 4.74 Å². The molecule has 98 valence electrons. The van der Waals surface area contributed by atoms with Gasteiger partial charge in [-0.1, -0.05) is 24.6 Å². The number of ether oxygens (including phenoxy) is 1. The lowest BCUT2D eigenvalue weighted by Gasteiger charge is -2.30. The zero-order chi connectivity index (χ0) is 12.4. The fourth-order valence-corrected chi connectivity index (χ4v) is 4.34. The second kappa shape index (κ2) is 5.51. The summed E-state index contributed by atoms with van der Waals surface area (Å²) in [5, 5.41) is 0.569. The van der Waals surface area contributed by atoms with Crippen molar-refractivity contribution in [2.75, 3.05) is 12.4 Å². The van der Waals surface area contributed by atoms with Crippen molar-refractivity contribution in [1.29, 1.82) is 0 Å². The number of fused-ring (bicyclic) bond motifs is 1. The molecule has 0 spiro atoms. The molecular formula is C14H20N2OS. The molecule has 0 saturated carbocycles. The second-order valence-corrected chi connectivity index (χ2v) is 6.33. The number of para-hydroxylation sites is 1. The topological polar surface area (TPSA) is 47.3 Å². The van der Waals surface area contributed by atoms with Gasteiger partial charge in [0.25, 0.3) is 0 Å². The zero-order valence-electron chi connectivity index (χ0n) is 10.5. The van der Waals surface area contributed by atoms with E-state index in [2.05, 4.69) is 23.6 Å². The molecule has 3 nitrogen and oxygen atoms in total. The van der Waals surface area contributed by atoms with Crippen LogP contribution in [0.25, 0.3) is 0 Å². The molecule has 3 rings (SSSR count). The van der Waals surface area contributed by atoms with Gasteiger partial charge < -0.3 is 4.74 Å². The summed E-state index contributed by atoms with van der Waals surface area (Å²) in [5.41, 5.74) is 5.59. The quantitative estimate of drug-likeness (QED) is 0.650. The third-order valence-corrected chi connectivity index (χ3v) is 5.31. The highest BCUT2D eigenvalue weighted by Gasteiger charge is 2.29. The molecule has 1 aromatic carbocycles. The van der Waals surface area contributed by atoms with Crippen LogP contribution >= 0.6 is 11.8 Å². The molecule has 1 fully saturated rings. The zero-order valence-corrected chi connectivity index (χ0v) is 11.3. The third-order valence-electron chi connectivity index (χ3n) is 3.85. The van der Waals surface area contributed by atoms with E-state index in [-0.39, 0.29) is 6.04 Å². The first-order chi connectivity index (χ1) is 8.90. The largest absolute Gasteiger partial charge is 0.493 e. The lowest BCUT2D eigenvalue weighted by molar-refractivity contribution is 0.346. The summed E-state index contributed by atoms with van der Waals surface area (Å²) in [6, 6.07) is 6.65. The molecular weight excluding hydrogens is 244 g/mol. The Balaban J connectivity index is 1.89. The van der Waals surface area contributed by atoms with Gasteiger partial charge in [0.05, 0.1) is 12.6 Å². The Kier molecular flexibility index (Phi) is 3.77. The van der Waals surface area contributed by atoms with Gasteiger partial charge in [0.1, 0.15) is 5.75 Å². The van der Waals surface area contributed by atoms with Crippen molar-refractivity contribution in [3.8, 4) is 5.75 Å². The molecule has 0 aromatic heterocycles. The number of hydrogen-bond acceptors (Lipinski definition) is 4. The second-order valence-electron chi connectivity index (χ2n) is 4.98. The van der Waals surface area contributed by atoms with Crippen LogP contribution in [-0.2, 0) is 6.42 Å². The lowest BCUT2D eigenvalue weighted by Crippen LogP contribution is -2.36. The average molecular weight is 264 g/mol. The molecule has 2 atom stereocenters. The van der Waals surface area contributed by atoms with Crippen LogP contribution in [0, 0.1) is 0 Å². The van der Waals surface area contributed by atoms with E-state index < -0.39 is 0 Å². The van der Waals surface area contributed by atoms with Gasteiger partial charge in [-0.25, -0.2) is 0 Å². The van der Waals surface area contributed by atoms with Gasteiger partial charge in [0, 0.05) is 17.2 Å². The van der Waals surface area contributed by atoms with E-state index in [1.165, 1.54) is 36.1 Å². The van der Waals surface area contributed by atoms with Crippen molar-refractivity contribution in [2.45, 2.75) is 37.0 Å². The number of hydrogen-bond donors (Lipinski definition) is 2. The highest BCUT2D eigenvalue weighted by atomic mass is 32.2. The summed E-state index contributed by atoms with van der Waals surface area (Å²) in [6.45, 7) is 0.807.